The van der Waals surface area contributed by atoms with Gasteiger partial charge in [-0.1, -0.05) is 23.2 Å². The maximum absolute atomic E-state index is 12.8. The lowest BCUT2D eigenvalue weighted by atomic mass is 10.1. The average Bonchev–Trinajstić information content (AvgIpc) is 3.35. The zero-order valence-corrected chi connectivity index (χ0v) is 16.7. The molecule has 0 radical (unpaired) electrons. The molecule has 0 aliphatic carbocycles. The SMILES string of the molecule is O=S(=O)(Nc1cnn(C(F)F)c1Cl)c1c[nH]c2c(-c3cscn3)c(Cl)ccc12. The molecule has 0 amide bonds. The molecule has 0 fully saturated rings. The zero-order valence-electron chi connectivity index (χ0n) is 13.5. The third kappa shape index (κ3) is 3.13. The smallest absolute Gasteiger partial charge is 0.334 e. The first-order valence-electron chi connectivity index (χ1n) is 7.51. The summed E-state index contributed by atoms with van der Waals surface area (Å²) in [6.45, 7) is -3.00. The Bertz CT molecular complexity index is 1270. The van der Waals surface area contributed by atoms with Gasteiger partial charge in [-0.15, -0.1) is 11.3 Å². The van der Waals surface area contributed by atoms with Crippen molar-refractivity contribution >= 4 is 61.2 Å². The van der Waals surface area contributed by atoms with E-state index in [0.717, 1.165) is 6.20 Å². The van der Waals surface area contributed by atoms with Crippen LogP contribution < -0.4 is 4.72 Å². The second-order valence-corrected chi connectivity index (χ2v) is 8.68. The fraction of sp³-hybridized carbons (Fsp3) is 0.0667. The normalized spacial score (nSPS) is 12.2. The highest BCUT2D eigenvalue weighted by Gasteiger charge is 2.25. The number of aromatic nitrogens is 4. The molecule has 0 unspecified atom stereocenters. The Morgan fingerprint density at radius 3 is 2.71 bits per heavy atom. The van der Waals surface area contributed by atoms with Gasteiger partial charge in [0.2, 0.25) is 0 Å². The van der Waals surface area contributed by atoms with Gasteiger partial charge in [-0.3, -0.25) is 4.72 Å². The van der Waals surface area contributed by atoms with E-state index < -0.39 is 21.7 Å². The summed E-state index contributed by atoms with van der Waals surface area (Å²) < 4.78 is 53.6. The molecule has 28 heavy (non-hydrogen) atoms. The first-order valence-corrected chi connectivity index (χ1v) is 10.7. The van der Waals surface area contributed by atoms with Crippen molar-refractivity contribution < 1.29 is 17.2 Å². The Morgan fingerprint density at radius 1 is 1.29 bits per heavy atom. The minimum atomic E-state index is -4.15. The summed E-state index contributed by atoms with van der Waals surface area (Å²) in [5, 5.41) is 5.40. The Hall–Kier alpha value is -2.21. The predicted octanol–water partition coefficient (Wildman–Crippen LogP) is 4.99. The molecule has 13 heteroatoms. The van der Waals surface area contributed by atoms with E-state index in [1.165, 1.54) is 17.5 Å². The molecule has 4 rings (SSSR count). The highest BCUT2D eigenvalue weighted by atomic mass is 35.5. The molecule has 2 N–H and O–H groups in total. The van der Waals surface area contributed by atoms with Crippen molar-refractivity contribution in [3.8, 4) is 11.3 Å². The van der Waals surface area contributed by atoms with Crippen LogP contribution in [0.3, 0.4) is 0 Å². The van der Waals surface area contributed by atoms with E-state index >= 15 is 0 Å². The molecule has 0 atom stereocenters. The summed E-state index contributed by atoms with van der Waals surface area (Å²) in [5.41, 5.74) is 3.01. The van der Waals surface area contributed by atoms with Gasteiger partial charge in [0, 0.05) is 22.5 Å². The number of nitrogens with zero attached hydrogens (tertiary/aromatic N) is 3. The summed E-state index contributed by atoms with van der Waals surface area (Å²) in [6.07, 6.45) is 2.20. The van der Waals surface area contributed by atoms with Crippen LogP contribution in [0.2, 0.25) is 10.2 Å². The lowest BCUT2D eigenvalue weighted by molar-refractivity contribution is 0.0570. The Balaban J connectivity index is 1.80. The Morgan fingerprint density at radius 2 is 2.07 bits per heavy atom. The van der Waals surface area contributed by atoms with Crippen LogP contribution in [-0.4, -0.2) is 28.2 Å². The van der Waals surface area contributed by atoms with Gasteiger partial charge in [-0.2, -0.15) is 18.6 Å². The van der Waals surface area contributed by atoms with E-state index in [1.807, 2.05) is 0 Å². The summed E-state index contributed by atoms with van der Waals surface area (Å²) >= 11 is 13.4. The fourth-order valence-electron chi connectivity index (χ4n) is 2.71. The summed E-state index contributed by atoms with van der Waals surface area (Å²) in [7, 11) is -4.15. The van der Waals surface area contributed by atoms with E-state index in [4.69, 9.17) is 23.2 Å². The van der Waals surface area contributed by atoms with E-state index in [-0.39, 0.29) is 15.3 Å². The topological polar surface area (TPSA) is 92.7 Å². The molecule has 0 spiro atoms. The molecule has 0 saturated heterocycles. The second kappa shape index (κ2) is 6.99. The van der Waals surface area contributed by atoms with Crippen LogP contribution in [0.15, 0.2) is 40.3 Å². The van der Waals surface area contributed by atoms with Crippen LogP contribution in [0.4, 0.5) is 14.5 Å². The third-order valence-electron chi connectivity index (χ3n) is 3.91. The number of halogens is 4. The summed E-state index contributed by atoms with van der Waals surface area (Å²) in [5.74, 6) is 0. The number of thiazole rings is 1. The van der Waals surface area contributed by atoms with E-state index in [1.54, 1.807) is 23.0 Å². The lowest BCUT2D eigenvalue weighted by Crippen LogP contribution is -2.12. The van der Waals surface area contributed by atoms with Crippen LogP contribution in [0, 0.1) is 0 Å². The van der Waals surface area contributed by atoms with Crippen molar-refractivity contribution in [2.24, 2.45) is 0 Å². The van der Waals surface area contributed by atoms with Gasteiger partial charge in [-0.05, 0) is 12.1 Å². The molecule has 0 aliphatic rings. The number of aromatic amines is 1. The van der Waals surface area contributed by atoms with E-state index in [0.29, 0.717) is 27.2 Å². The molecule has 0 saturated carbocycles. The number of benzene rings is 1. The number of anilines is 1. The van der Waals surface area contributed by atoms with Crippen LogP contribution in [0.5, 0.6) is 0 Å². The Kier molecular flexibility index (Phi) is 4.78. The highest BCUT2D eigenvalue weighted by molar-refractivity contribution is 7.93. The first-order chi connectivity index (χ1) is 13.3. The highest BCUT2D eigenvalue weighted by Crippen LogP contribution is 2.37. The molecule has 3 aromatic heterocycles. The summed E-state index contributed by atoms with van der Waals surface area (Å²) in [4.78, 5) is 7.02. The lowest BCUT2D eigenvalue weighted by Gasteiger charge is -2.07. The first kappa shape index (κ1) is 19.1. The maximum Gasteiger partial charge on any atom is 0.334 e. The van der Waals surface area contributed by atoms with Gasteiger partial charge < -0.3 is 4.98 Å². The van der Waals surface area contributed by atoms with E-state index in [2.05, 4.69) is 19.8 Å². The van der Waals surface area contributed by atoms with Gasteiger partial charge >= 0.3 is 6.55 Å². The number of alkyl halides is 2. The van der Waals surface area contributed by atoms with Crippen LogP contribution in [0.1, 0.15) is 6.55 Å². The summed E-state index contributed by atoms with van der Waals surface area (Å²) in [6, 6.07) is 3.11. The second-order valence-electron chi connectivity index (χ2n) is 5.55. The van der Waals surface area contributed by atoms with Crippen molar-refractivity contribution in [3.05, 3.63) is 45.6 Å². The van der Waals surface area contributed by atoms with Crippen molar-refractivity contribution in [3.63, 3.8) is 0 Å². The molecule has 0 bridgehead atoms. The van der Waals surface area contributed by atoms with Crippen LogP contribution >= 0.6 is 34.5 Å². The number of nitrogens with one attached hydrogen (secondary N) is 2. The quantitative estimate of drug-likeness (QED) is 0.435. The van der Waals surface area contributed by atoms with Crippen LogP contribution in [0.25, 0.3) is 22.2 Å². The number of fused-ring (bicyclic) bond motifs is 1. The molecule has 1 aromatic carbocycles. The number of H-pyrrole nitrogens is 1. The minimum Gasteiger partial charge on any atom is -0.359 e. The molecule has 0 aliphatic heterocycles. The van der Waals surface area contributed by atoms with Gasteiger partial charge in [0.05, 0.1) is 27.9 Å². The maximum atomic E-state index is 12.8. The fourth-order valence-corrected chi connectivity index (χ4v) is 5.00. The number of hydrogen-bond donors (Lipinski definition) is 2. The predicted molar refractivity (Wildman–Crippen MR) is 104 cm³/mol. The van der Waals surface area contributed by atoms with Gasteiger partial charge in [-0.25, -0.2) is 13.4 Å². The molecular formula is C15H9Cl2F2N5O2S2. The van der Waals surface area contributed by atoms with E-state index in [9.17, 15) is 17.2 Å². The number of rotatable bonds is 5. The van der Waals surface area contributed by atoms with Crippen LogP contribution in [-0.2, 0) is 10.0 Å². The molecule has 146 valence electrons. The van der Waals surface area contributed by atoms with Gasteiger partial charge in [0.1, 0.15) is 10.6 Å². The minimum absolute atomic E-state index is 0.100. The molecule has 7 nitrogen and oxygen atoms in total. The monoisotopic (exact) mass is 463 g/mol. The molecular weight excluding hydrogens is 455 g/mol. The van der Waals surface area contributed by atoms with Crippen molar-refractivity contribution in [1.29, 1.82) is 0 Å². The molecule has 3 heterocycles. The van der Waals surface area contributed by atoms with Gasteiger partial charge in [0.15, 0.2) is 5.15 Å². The standard InChI is InChI=1S/C15H9Cl2F2N5O2S2/c16-8-2-1-7-11(4-20-13(7)12(8)10-5-27-6-21-10)28(25,26)23-9-3-22-24(14(9)17)15(18)19/h1-6,15,20,23H. The molecule has 4 aromatic rings. The number of sulfonamides is 1. The Labute approximate surface area is 171 Å². The zero-order chi connectivity index (χ0) is 20.1. The van der Waals surface area contributed by atoms with Crippen molar-refractivity contribution in [2.45, 2.75) is 11.4 Å². The third-order valence-corrected chi connectivity index (χ3v) is 6.59. The largest absolute Gasteiger partial charge is 0.359 e. The number of hydrogen-bond acceptors (Lipinski definition) is 5. The average molecular weight is 464 g/mol. The van der Waals surface area contributed by atoms with Gasteiger partial charge in [0.25, 0.3) is 10.0 Å². The van der Waals surface area contributed by atoms with Crippen molar-refractivity contribution in [2.75, 3.05) is 4.72 Å². The van der Waals surface area contributed by atoms with Crippen molar-refractivity contribution in [1.82, 2.24) is 19.7 Å².